The summed E-state index contributed by atoms with van der Waals surface area (Å²) in [5, 5.41) is 0. The SMILES string of the molecule is NCCCCN(Cc1ccc(S(=O)(=O)N2CCc3ccccc3C2)cc1)C1CCCc2cccnc21. The van der Waals surface area contributed by atoms with Gasteiger partial charge in [-0.25, -0.2) is 8.42 Å². The molecular formula is C29H36N4O2S. The number of benzene rings is 2. The third-order valence-electron chi connectivity index (χ3n) is 7.55. The van der Waals surface area contributed by atoms with E-state index in [4.69, 9.17) is 10.7 Å². The van der Waals surface area contributed by atoms with Crippen LogP contribution in [0.3, 0.4) is 0 Å². The van der Waals surface area contributed by atoms with Gasteiger partial charge in [0.05, 0.1) is 16.6 Å². The molecular weight excluding hydrogens is 468 g/mol. The molecule has 1 aliphatic heterocycles. The largest absolute Gasteiger partial charge is 0.330 e. The van der Waals surface area contributed by atoms with Crippen LogP contribution >= 0.6 is 0 Å². The van der Waals surface area contributed by atoms with E-state index >= 15 is 0 Å². The molecule has 0 amide bonds. The van der Waals surface area contributed by atoms with Gasteiger partial charge in [0.15, 0.2) is 0 Å². The van der Waals surface area contributed by atoms with Crippen molar-refractivity contribution in [3.63, 3.8) is 0 Å². The number of aromatic nitrogens is 1. The zero-order chi connectivity index (χ0) is 25.0. The van der Waals surface area contributed by atoms with Gasteiger partial charge >= 0.3 is 0 Å². The summed E-state index contributed by atoms with van der Waals surface area (Å²) in [6.07, 6.45) is 8.02. The van der Waals surface area contributed by atoms with E-state index in [0.29, 0.717) is 24.5 Å². The summed E-state index contributed by atoms with van der Waals surface area (Å²) >= 11 is 0. The van der Waals surface area contributed by atoms with Crippen molar-refractivity contribution in [1.29, 1.82) is 0 Å². The molecule has 0 bridgehead atoms. The molecule has 190 valence electrons. The molecule has 2 heterocycles. The number of pyridine rings is 1. The Morgan fingerprint density at radius 2 is 1.72 bits per heavy atom. The van der Waals surface area contributed by atoms with Crippen molar-refractivity contribution in [3.8, 4) is 0 Å². The average molecular weight is 505 g/mol. The second-order valence-electron chi connectivity index (χ2n) is 9.92. The maximum absolute atomic E-state index is 13.4. The molecule has 6 nitrogen and oxygen atoms in total. The van der Waals surface area contributed by atoms with Crippen molar-refractivity contribution in [2.75, 3.05) is 19.6 Å². The van der Waals surface area contributed by atoms with Crippen LogP contribution < -0.4 is 5.73 Å². The minimum absolute atomic E-state index is 0.282. The van der Waals surface area contributed by atoms with Crippen LogP contribution in [0.2, 0.25) is 0 Å². The Labute approximate surface area is 215 Å². The number of hydrogen-bond acceptors (Lipinski definition) is 5. The molecule has 7 heteroatoms. The van der Waals surface area contributed by atoms with Gasteiger partial charge in [-0.3, -0.25) is 9.88 Å². The number of unbranched alkanes of at least 4 members (excludes halogenated alkanes) is 1. The monoisotopic (exact) mass is 504 g/mol. The van der Waals surface area contributed by atoms with Gasteiger partial charge in [0.1, 0.15) is 0 Å². The highest BCUT2D eigenvalue weighted by Gasteiger charge is 2.29. The highest BCUT2D eigenvalue weighted by atomic mass is 32.2. The lowest BCUT2D eigenvalue weighted by Gasteiger charge is -2.35. The highest BCUT2D eigenvalue weighted by Crippen LogP contribution is 2.34. The zero-order valence-electron chi connectivity index (χ0n) is 20.9. The summed E-state index contributed by atoms with van der Waals surface area (Å²) in [5.41, 5.74) is 11.8. The Morgan fingerprint density at radius 1 is 0.944 bits per heavy atom. The van der Waals surface area contributed by atoms with E-state index in [1.807, 2.05) is 42.6 Å². The summed E-state index contributed by atoms with van der Waals surface area (Å²) < 4.78 is 28.4. The van der Waals surface area contributed by atoms with Gasteiger partial charge in [0.25, 0.3) is 0 Å². The Balaban J connectivity index is 1.33. The van der Waals surface area contributed by atoms with E-state index in [9.17, 15) is 8.42 Å². The number of rotatable bonds is 9. The third-order valence-corrected chi connectivity index (χ3v) is 9.41. The second-order valence-corrected chi connectivity index (χ2v) is 11.9. The molecule has 1 aliphatic carbocycles. The fourth-order valence-electron chi connectivity index (χ4n) is 5.57. The van der Waals surface area contributed by atoms with Crippen LogP contribution in [0.15, 0.2) is 71.8 Å². The van der Waals surface area contributed by atoms with Gasteiger partial charge in [-0.1, -0.05) is 42.5 Å². The molecule has 2 aliphatic rings. The predicted molar refractivity (Wildman–Crippen MR) is 143 cm³/mol. The fourth-order valence-corrected chi connectivity index (χ4v) is 6.99. The van der Waals surface area contributed by atoms with E-state index in [1.54, 1.807) is 16.4 Å². The molecule has 2 aromatic carbocycles. The molecule has 0 spiro atoms. The standard InChI is InChI=1S/C29H36N4O2S/c30-17-3-4-19-32(28-11-5-9-25-10-6-18-31-29(25)28)21-23-12-14-27(15-13-23)36(34,35)33-20-16-24-7-1-2-8-26(24)22-33/h1-2,6-8,10,12-15,18,28H,3-5,9,11,16-17,19-22,30H2. The maximum Gasteiger partial charge on any atom is 0.243 e. The Kier molecular flexibility index (Phi) is 7.82. The minimum Gasteiger partial charge on any atom is -0.330 e. The smallest absolute Gasteiger partial charge is 0.243 e. The normalized spacial score (nSPS) is 18.1. The molecule has 0 saturated carbocycles. The number of hydrogen-bond donors (Lipinski definition) is 1. The molecule has 5 rings (SSSR count). The molecule has 1 atom stereocenters. The van der Waals surface area contributed by atoms with Gasteiger partial charge < -0.3 is 5.73 Å². The third kappa shape index (κ3) is 5.39. The number of nitrogens with zero attached hydrogens (tertiary/aromatic N) is 3. The zero-order valence-corrected chi connectivity index (χ0v) is 21.7. The van der Waals surface area contributed by atoms with E-state index in [0.717, 1.165) is 62.7 Å². The van der Waals surface area contributed by atoms with E-state index in [-0.39, 0.29) is 6.04 Å². The highest BCUT2D eigenvalue weighted by molar-refractivity contribution is 7.89. The van der Waals surface area contributed by atoms with Crippen LogP contribution in [0, 0.1) is 0 Å². The van der Waals surface area contributed by atoms with Crippen LogP contribution in [0.25, 0.3) is 0 Å². The first kappa shape index (κ1) is 25.1. The predicted octanol–water partition coefficient (Wildman–Crippen LogP) is 4.45. The molecule has 3 aromatic rings. The van der Waals surface area contributed by atoms with Gasteiger partial charge in [-0.05, 0) is 92.1 Å². The number of fused-ring (bicyclic) bond motifs is 2. The van der Waals surface area contributed by atoms with Crippen molar-refractivity contribution in [2.24, 2.45) is 5.73 Å². The average Bonchev–Trinajstić information content (AvgIpc) is 2.92. The summed E-state index contributed by atoms with van der Waals surface area (Å²) in [7, 11) is -3.53. The molecule has 0 fully saturated rings. The number of nitrogens with two attached hydrogens (primary N) is 1. The Morgan fingerprint density at radius 3 is 2.53 bits per heavy atom. The van der Waals surface area contributed by atoms with E-state index in [2.05, 4.69) is 17.0 Å². The van der Waals surface area contributed by atoms with Crippen molar-refractivity contribution in [3.05, 3.63) is 94.8 Å². The van der Waals surface area contributed by atoms with Crippen molar-refractivity contribution >= 4 is 10.0 Å². The first-order valence-electron chi connectivity index (χ1n) is 13.1. The van der Waals surface area contributed by atoms with Crippen LogP contribution in [-0.4, -0.2) is 42.2 Å². The quantitative estimate of drug-likeness (QED) is 0.436. The first-order valence-corrected chi connectivity index (χ1v) is 14.5. The van der Waals surface area contributed by atoms with Gasteiger partial charge in [0.2, 0.25) is 10.0 Å². The summed E-state index contributed by atoms with van der Waals surface area (Å²) in [5.74, 6) is 0. The van der Waals surface area contributed by atoms with Gasteiger partial charge in [-0.2, -0.15) is 4.31 Å². The van der Waals surface area contributed by atoms with Crippen LogP contribution in [0.4, 0.5) is 0 Å². The first-order chi connectivity index (χ1) is 17.6. The lowest BCUT2D eigenvalue weighted by molar-refractivity contribution is 0.163. The Hall–Kier alpha value is -2.58. The summed E-state index contributed by atoms with van der Waals surface area (Å²) in [6.45, 7) is 3.36. The summed E-state index contributed by atoms with van der Waals surface area (Å²) in [4.78, 5) is 7.63. The van der Waals surface area contributed by atoms with Crippen LogP contribution in [0.1, 0.15) is 59.7 Å². The molecule has 1 unspecified atom stereocenters. The van der Waals surface area contributed by atoms with Crippen molar-refractivity contribution in [2.45, 2.75) is 62.6 Å². The van der Waals surface area contributed by atoms with Crippen LogP contribution in [0.5, 0.6) is 0 Å². The maximum atomic E-state index is 13.4. The van der Waals surface area contributed by atoms with Crippen molar-refractivity contribution < 1.29 is 8.42 Å². The van der Waals surface area contributed by atoms with Gasteiger partial charge in [0, 0.05) is 25.8 Å². The fraction of sp³-hybridized carbons (Fsp3) is 0.414. The molecule has 2 N–H and O–H groups in total. The van der Waals surface area contributed by atoms with Crippen molar-refractivity contribution in [1.82, 2.24) is 14.2 Å². The molecule has 0 radical (unpaired) electrons. The lowest BCUT2D eigenvalue weighted by atomic mass is 9.90. The van der Waals surface area contributed by atoms with Crippen LogP contribution in [-0.2, 0) is 36.0 Å². The van der Waals surface area contributed by atoms with Gasteiger partial charge in [-0.15, -0.1) is 0 Å². The number of sulfonamides is 1. The molecule has 1 aromatic heterocycles. The van der Waals surface area contributed by atoms with E-state index < -0.39 is 10.0 Å². The second kappa shape index (κ2) is 11.2. The summed E-state index contributed by atoms with van der Waals surface area (Å²) in [6, 6.07) is 20.1. The Bertz CT molecular complexity index is 1280. The topological polar surface area (TPSA) is 79.5 Å². The molecule has 0 saturated heterocycles. The van der Waals surface area contributed by atoms with E-state index in [1.165, 1.54) is 16.8 Å². The number of aryl methyl sites for hydroxylation is 1. The minimum atomic E-state index is -3.53. The lowest BCUT2D eigenvalue weighted by Crippen LogP contribution is -2.36. The molecule has 36 heavy (non-hydrogen) atoms.